The van der Waals surface area contributed by atoms with Gasteiger partial charge in [0.25, 0.3) is 5.56 Å². The van der Waals surface area contributed by atoms with Crippen molar-refractivity contribution < 1.29 is 9.59 Å². The number of benzene rings is 1. The largest absolute Gasteiger partial charge is 0.345 e. The van der Waals surface area contributed by atoms with Crippen molar-refractivity contribution in [2.45, 2.75) is 70.9 Å². The van der Waals surface area contributed by atoms with Crippen LogP contribution < -0.4 is 16.2 Å². The lowest BCUT2D eigenvalue weighted by Crippen LogP contribution is -2.45. The van der Waals surface area contributed by atoms with Crippen molar-refractivity contribution in [2.24, 2.45) is 5.92 Å². The zero-order valence-corrected chi connectivity index (χ0v) is 16.9. The highest BCUT2D eigenvalue weighted by atomic mass is 16.2. The number of anilines is 1. The molecule has 1 aromatic carbocycles. The lowest BCUT2D eigenvalue weighted by atomic mass is 9.86. The van der Waals surface area contributed by atoms with E-state index in [-0.39, 0.29) is 11.6 Å². The van der Waals surface area contributed by atoms with Gasteiger partial charge >= 0.3 is 11.8 Å². The highest BCUT2D eigenvalue weighted by molar-refractivity contribution is 6.39. The van der Waals surface area contributed by atoms with E-state index in [0.717, 1.165) is 50.8 Å². The Morgan fingerprint density at radius 3 is 2.72 bits per heavy atom. The normalized spacial score (nSPS) is 21.8. The van der Waals surface area contributed by atoms with E-state index in [2.05, 4.69) is 22.5 Å². The molecule has 2 N–H and O–H groups in total. The monoisotopic (exact) mass is 396 g/mol. The Morgan fingerprint density at radius 2 is 1.90 bits per heavy atom. The van der Waals surface area contributed by atoms with E-state index in [0.29, 0.717) is 29.1 Å². The van der Waals surface area contributed by atoms with E-state index in [1.165, 1.54) is 6.42 Å². The first kappa shape index (κ1) is 19.6. The predicted octanol–water partition coefficient (Wildman–Crippen LogP) is 2.76. The van der Waals surface area contributed by atoms with Gasteiger partial charge in [-0.25, -0.2) is 4.98 Å². The quantitative estimate of drug-likeness (QED) is 0.764. The van der Waals surface area contributed by atoms with Crippen molar-refractivity contribution >= 4 is 28.4 Å². The first-order chi connectivity index (χ1) is 14.0. The van der Waals surface area contributed by atoms with Gasteiger partial charge in [0, 0.05) is 24.7 Å². The van der Waals surface area contributed by atoms with Crippen molar-refractivity contribution in [3.63, 3.8) is 0 Å². The van der Waals surface area contributed by atoms with Crippen LogP contribution >= 0.6 is 0 Å². The first-order valence-corrected chi connectivity index (χ1v) is 10.7. The minimum absolute atomic E-state index is 0.0444. The summed E-state index contributed by atoms with van der Waals surface area (Å²) in [6.07, 6.45) is 8.13. The van der Waals surface area contributed by atoms with Crippen LogP contribution in [0.25, 0.3) is 10.9 Å². The second kappa shape index (κ2) is 8.35. The molecule has 1 aromatic heterocycles. The molecule has 1 aliphatic carbocycles. The molecule has 0 bridgehead atoms. The number of fused-ring (bicyclic) bond motifs is 2. The van der Waals surface area contributed by atoms with Gasteiger partial charge in [0.05, 0.1) is 10.9 Å². The SMILES string of the molecule is C[C@@H]1CCCC[C@@H]1NC(=O)C(=O)Nc1ccc2nc3n(c(=O)c2c1)CCCCC3. The fourth-order valence-corrected chi connectivity index (χ4v) is 4.45. The number of aromatic nitrogens is 2. The molecule has 1 fully saturated rings. The fraction of sp³-hybridized carbons (Fsp3) is 0.545. The molecule has 4 rings (SSSR count). The minimum Gasteiger partial charge on any atom is -0.345 e. The number of rotatable bonds is 2. The molecule has 7 nitrogen and oxygen atoms in total. The third-order valence-electron chi connectivity index (χ3n) is 6.21. The molecule has 7 heteroatoms. The van der Waals surface area contributed by atoms with Crippen molar-refractivity contribution in [3.8, 4) is 0 Å². The molecule has 2 atom stereocenters. The zero-order chi connectivity index (χ0) is 20.4. The summed E-state index contributed by atoms with van der Waals surface area (Å²) in [5.74, 6) is -0.120. The predicted molar refractivity (Wildman–Crippen MR) is 112 cm³/mol. The van der Waals surface area contributed by atoms with Gasteiger partial charge < -0.3 is 10.6 Å². The van der Waals surface area contributed by atoms with Gasteiger partial charge in [0.15, 0.2) is 0 Å². The maximum absolute atomic E-state index is 12.9. The van der Waals surface area contributed by atoms with Crippen molar-refractivity contribution in [2.75, 3.05) is 5.32 Å². The zero-order valence-electron chi connectivity index (χ0n) is 16.9. The fourth-order valence-electron chi connectivity index (χ4n) is 4.45. The van der Waals surface area contributed by atoms with E-state index in [1.54, 1.807) is 22.8 Å². The molecule has 29 heavy (non-hydrogen) atoms. The van der Waals surface area contributed by atoms with Crippen molar-refractivity contribution in [1.29, 1.82) is 0 Å². The molecule has 1 aliphatic heterocycles. The van der Waals surface area contributed by atoms with Gasteiger partial charge in [-0.15, -0.1) is 0 Å². The number of carbonyl (C=O) groups excluding carboxylic acids is 2. The van der Waals surface area contributed by atoms with Crippen LogP contribution in [0.3, 0.4) is 0 Å². The smallest absolute Gasteiger partial charge is 0.313 e. The Morgan fingerprint density at radius 1 is 1.07 bits per heavy atom. The Labute approximate surface area is 169 Å². The van der Waals surface area contributed by atoms with Crippen LogP contribution in [0.15, 0.2) is 23.0 Å². The second-order valence-electron chi connectivity index (χ2n) is 8.32. The van der Waals surface area contributed by atoms with Crippen LogP contribution in [0.5, 0.6) is 0 Å². The van der Waals surface area contributed by atoms with Crippen molar-refractivity contribution in [3.05, 3.63) is 34.4 Å². The van der Waals surface area contributed by atoms with E-state index in [4.69, 9.17) is 0 Å². The number of aryl methyl sites for hydroxylation is 1. The summed E-state index contributed by atoms with van der Waals surface area (Å²) in [6.45, 7) is 2.78. The summed E-state index contributed by atoms with van der Waals surface area (Å²) in [4.78, 5) is 42.3. The molecule has 0 unspecified atom stereocenters. The van der Waals surface area contributed by atoms with Crippen LogP contribution in [0.4, 0.5) is 5.69 Å². The van der Waals surface area contributed by atoms with Crippen LogP contribution in [0, 0.1) is 5.92 Å². The molecule has 1 saturated carbocycles. The topological polar surface area (TPSA) is 93.1 Å². The number of nitrogens with one attached hydrogen (secondary N) is 2. The summed E-state index contributed by atoms with van der Waals surface area (Å²) < 4.78 is 1.75. The number of hydrogen-bond acceptors (Lipinski definition) is 4. The summed E-state index contributed by atoms with van der Waals surface area (Å²) >= 11 is 0. The summed E-state index contributed by atoms with van der Waals surface area (Å²) in [7, 11) is 0. The molecule has 0 saturated heterocycles. The average Bonchev–Trinajstić information content (AvgIpc) is 2.96. The third kappa shape index (κ3) is 4.18. The molecule has 2 aliphatic rings. The van der Waals surface area contributed by atoms with Gasteiger partial charge in [-0.1, -0.05) is 26.2 Å². The molecule has 154 valence electrons. The van der Waals surface area contributed by atoms with Gasteiger partial charge in [0.1, 0.15) is 5.82 Å². The maximum atomic E-state index is 12.9. The summed E-state index contributed by atoms with van der Waals surface area (Å²) in [6, 6.07) is 5.09. The Hall–Kier alpha value is -2.70. The van der Waals surface area contributed by atoms with E-state index in [9.17, 15) is 14.4 Å². The molecule has 2 heterocycles. The standard InChI is InChI=1S/C22H28N4O3/c1-14-7-4-5-8-17(14)25-21(28)20(27)23-15-10-11-18-16(13-15)22(29)26-12-6-2-3-9-19(26)24-18/h10-11,13-14,17H,2-9,12H2,1H3,(H,23,27)(H,25,28)/t14-,17+/m1/s1. The third-order valence-corrected chi connectivity index (χ3v) is 6.21. The number of carbonyl (C=O) groups is 2. The lowest BCUT2D eigenvalue weighted by molar-refractivity contribution is -0.137. The molecule has 2 amide bonds. The highest BCUT2D eigenvalue weighted by Crippen LogP contribution is 2.24. The second-order valence-corrected chi connectivity index (χ2v) is 8.32. The Balaban J connectivity index is 1.52. The van der Waals surface area contributed by atoms with Gasteiger partial charge in [-0.05, 0) is 49.8 Å². The van der Waals surface area contributed by atoms with Gasteiger partial charge in [-0.3, -0.25) is 19.0 Å². The maximum Gasteiger partial charge on any atom is 0.313 e. The van der Waals surface area contributed by atoms with E-state index in [1.807, 2.05) is 0 Å². The van der Waals surface area contributed by atoms with E-state index < -0.39 is 11.8 Å². The number of hydrogen-bond donors (Lipinski definition) is 2. The summed E-state index contributed by atoms with van der Waals surface area (Å²) in [5, 5.41) is 5.95. The highest BCUT2D eigenvalue weighted by Gasteiger charge is 2.25. The average molecular weight is 396 g/mol. The van der Waals surface area contributed by atoms with Crippen molar-refractivity contribution in [1.82, 2.24) is 14.9 Å². The lowest BCUT2D eigenvalue weighted by Gasteiger charge is -2.29. The van der Waals surface area contributed by atoms with Crippen LogP contribution in [-0.4, -0.2) is 27.4 Å². The first-order valence-electron chi connectivity index (χ1n) is 10.7. The number of amides is 2. The molecule has 2 aromatic rings. The van der Waals surface area contributed by atoms with Gasteiger partial charge in [-0.2, -0.15) is 0 Å². The van der Waals surface area contributed by atoms with E-state index >= 15 is 0 Å². The van der Waals surface area contributed by atoms with Gasteiger partial charge in [0.2, 0.25) is 0 Å². The molecular formula is C22H28N4O3. The Bertz CT molecular complexity index is 997. The molecule has 0 radical (unpaired) electrons. The minimum atomic E-state index is -0.704. The number of nitrogens with zero attached hydrogens (tertiary/aromatic N) is 2. The molecule has 0 spiro atoms. The molecular weight excluding hydrogens is 368 g/mol. The summed E-state index contributed by atoms with van der Waals surface area (Å²) in [5.41, 5.74) is 0.979. The Kier molecular flexibility index (Phi) is 5.65. The van der Waals surface area contributed by atoms with Crippen LogP contribution in [-0.2, 0) is 22.6 Å². The van der Waals surface area contributed by atoms with Crippen LogP contribution in [0.2, 0.25) is 0 Å². The van der Waals surface area contributed by atoms with Crippen LogP contribution in [0.1, 0.15) is 57.7 Å².